The maximum Gasteiger partial charge on any atom is 0.119 e. The van der Waals surface area contributed by atoms with Gasteiger partial charge >= 0.3 is 0 Å². The van der Waals surface area contributed by atoms with Crippen molar-refractivity contribution < 1.29 is 14.6 Å². The summed E-state index contributed by atoms with van der Waals surface area (Å²) in [5.41, 5.74) is 0.0517. The van der Waals surface area contributed by atoms with Crippen molar-refractivity contribution >= 4 is 16.7 Å². The van der Waals surface area contributed by atoms with Crippen LogP contribution in [0.15, 0.2) is 54.6 Å². The van der Waals surface area contributed by atoms with Gasteiger partial charge in [0.05, 0.1) is 12.6 Å². The van der Waals surface area contributed by atoms with Crippen LogP contribution in [0, 0.1) is 0 Å². The van der Waals surface area contributed by atoms with Crippen LogP contribution in [-0.2, 0) is 4.79 Å². The molecule has 0 aliphatic heterocycles. The molecular weight excluding hydrogens is 228 g/mol. The zero-order valence-electron chi connectivity index (χ0n) is 9.89. The zero-order valence-corrected chi connectivity index (χ0v) is 9.89. The molecule has 2 rings (SSSR count). The van der Waals surface area contributed by atoms with Crippen molar-refractivity contribution in [2.45, 2.75) is 6.42 Å². The molecule has 3 heteroatoms. The number of aliphatic carboxylic acids is 1. The van der Waals surface area contributed by atoms with Crippen LogP contribution in [0.2, 0.25) is 0 Å². The Morgan fingerprint density at radius 1 is 1.17 bits per heavy atom. The third-order valence-corrected chi connectivity index (χ3v) is 2.68. The molecule has 0 spiro atoms. The zero-order chi connectivity index (χ0) is 13.0. The van der Waals surface area contributed by atoms with Gasteiger partial charge in [-0.3, -0.25) is 0 Å². The fourth-order valence-corrected chi connectivity index (χ4v) is 1.65. The van der Waals surface area contributed by atoms with Gasteiger partial charge < -0.3 is 14.6 Å². The molecule has 0 heterocycles. The van der Waals surface area contributed by atoms with Crippen molar-refractivity contribution in [3.8, 4) is 5.75 Å². The van der Waals surface area contributed by atoms with Crippen molar-refractivity contribution in [2.75, 3.05) is 6.61 Å². The molecule has 0 aliphatic carbocycles. The summed E-state index contributed by atoms with van der Waals surface area (Å²) < 4.78 is 5.48. The van der Waals surface area contributed by atoms with E-state index >= 15 is 0 Å². The number of hydrogen-bond donors (Lipinski definition) is 0. The standard InChI is InChI=1S/C15H14O3/c1-11(15(16)17)8-9-18-14-7-6-12-4-2-3-5-13(12)10-14/h2-7,10H,1,8-9H2,(H,16,17)/p-1. The summed E-state index contributed by atoms with van der Waals surface area (Å²) in [6.45, 7) is 3.68. The molecule has 0 unspecified atom stereocenters. The molecule has 0 aromatic heterocycles. The Hall–Kier alpha value is -2.29. The third-order valence-electron chi connectivity index (χ3n) is 2.68. The maximum absolute atomic E-state index is 10.5. The Morgan fingerprint density at radius 2 is 1.89 bits per heavy atom. The number of rotatable bonds is 5. The largest absolute Gasteiger partial charge is 0.545 e. The SMILES string of the molecule is C=C(CCOc1ccc2ccccc2c1)C(=O)[O-]. The molecule has 0 bridgehead atoms. The number of ether oxygens (including phenoxy) is 1. The minimum Gasteiger partial charge on any atom is -0.545 e. The van der Waals surface area contributed by atoms with Gasteiger partial charge in [0.2, 0.25) is 0 Å². The number of carbonyl (C=O) groups is 1. The maximum atomic E-state index is 10.5. The molecule has 0 amide bonds. The van der Waals surface area contributed by atoms with Crippen molar-refractivity contribution in [3.05, 3.63) is 54.6 Å². The number of benzene rings is 2. The van der Waals surface area contributed by atoms with Crippen LogP contribution < -0.4 is 9.84 Å². The van der Waals surface area contributed by atoms with Gasteiger partial charge in [-0.05, 0) is 28.5 Å². The first-order valence-corrected chi connectivity index (χ1v) is 5.67. The van der Waals surface area contributed by atoms with E-state index in [1.807, 2.05) is 42.5 Å². The van der Waals surface area contributed by atoms with E-state index in [4.69, 9.17) is 4.74 Å². The van der Waals surface area contributed by atoms with E-state index in [-0.39, 0.29) is 18.6 Å². The Kier molecular flexibility index (Phi) is 3.63. The summed E-state index contributed by atoms with van der Waals surface area (Å²) in [5.74, 6) is -0.503. The fraction of sp³-hybridized carbons (Fsp3) is 0.133. The van der Waals surface area contributed by atoms with Crippen molar-refractivity contribution in [2.24, 2.45) is 0 Å². The summed E-state index contributed by atoms with van der Waals surface area (Å²) in [6.07, 6.45) is 0.259. The Balaban J connectivity index is 2.00. The Morgan fingerprint density at radius 3 is 2.61 bits per heavy atom. The van der Waals surface area contributed by atoms with Gasteiger partial charge in [0.15, 0.2) is 0 Å². The first-order valence-electron chi connectivity index (χ1n) is 5.67. The monoisotopic (exact) mass is 241 g/mol. The Labute approximate surface area is 105 Å². The van der Waals surface area contributed by atoms with Gasteiger partial charge in [-0.25, -0.2) is 0 Å². The molecule has 0 aliphatic rings. The van der Waals surface area contributed by atoms with Crippen LogP contribution in [-0.4, -0.2) is 12.6 Å². The molecule has 2 aromatic carbocycles. The van der Waals surface area contributed by atoms with E-state index in [9.17, 15) is 9.90 Å². The summed E-state index contributed by atoms with van der Waals surface area (Å²) >= 11 is 0. The quantitative estimate of drug-likeness (QED) is 0.751. The first kappa shape index (κ1) is 12.2. The number of fused-ring (bicyclic) bond motifs is 1. The van der Waals surface area contributed by atoms with E-state index in [2.05, 4.69) is 6.58 Å². The summed E-state index contributed by atoms with van der Waals surface area (Å²) in [4.78, 5) is 10.5. The minimum atomic E-state index is -1.22. The van der Waals surface area contributed by atoms with E-state index in [1.165, 1.54) is 0 Å². The van der Waals surface area contributed by atoms with Crippen molar-refractivity contribution in [1.29, 1.82) is 0 Å². The molecular formula is C15H13O3-. The average Bonchev–Trinajstić information content (AvgIpc) is 2.38. The second-order valence-corrected chi connectivity index (χ2v) is 4.00. The number of carbonyl (C=O) groups excluding carboxylic acids is 1. The summed E-state index contributed by atoms with van der Waals surface area (Å²) in [7, 11) is 0. The molecule has 0 saturated heterocycles. The molecule has 92 valence electrons. The summed E-state index contributed by atoms with van der Waals surface area (Å²) in [6, 6.07) is 13.7. The van der Waals surface area contributed by atoms with Gasteiger partial charge in [-0.1, -0.05) is 36.9 Å². The highest BCUT2D eigenvalue weighted by molar-refractivity contribution is 5.84. The van der Waals surface area contributed by atoms with Crippen LogP contribution in [0.1, 0.15) is 6.42 Å². The molecule has 2 aromatic rings. The number of carboxylic acid groups (broad SMARTS) is 1. The van der Waals surface area contributed by atoms with E-state index in [1.54, 1.807) is 0 Å². The third kappa shape index (κ3) is 2.88. The van der Waals surface area contributed by atoms with Crippen LogP contribution in [0.4, 0.5) is 0 Å². The van der Waals surface area contributed by atoms with Crippen LogP contribution in [0.3, 0.4) is 0 Å². The second-order valence-electron chi connectivity index (χ2n) is 4.00. The smallest absolute Gasteiger partial charge is 0.119 e. The summed E-state index contributed by atoms with van der Waals surface area (Å²) in [5, 5.41) is 12.7. The molecule has 3 nitrogen and oxygen atoms in total. The van der Waals surface area contributed by atoms with E-state index < -0.39 is 5.97 Å². The number of hydrogen-bond acceptors (Lipinski definition) is 3. The normalized spacial score (nSPS) is 10.2. The molecule has 0 fully saturated rings. The van der Waals surface area contributed by atoms with Gasteiger partial charge in [0, 0.05) is 6.42 Å². The number of carboxylic acids is 1. The topological polar surface area (TPSA) is 49.4 Å². The molecule has 0 atom stereocenters. The predicted octanol–water partition coefficient (Wildman–Crippen LogP) is 1.91. The Bertz CT molecular complexity index is 587. The van der Waals surface area contributed by atoms with Gasteiger partial charge in [0.25, 0.3) is 0 Å². The lowest BCUT2D eigenvalue weighted by Gasteiger charge is -2.09. The van der Waals surface area contributed by atoms with Crippen molar-refractivity contribution in [3.63, 3.8) is 0 Å². The van der Waals surface area contributed by atoms with Crippen LogP contribution in [0.5, 0.6) is 5.75 Å². The molecule has 0 N–H and O–H groups in total. The molecule has 0 radical (unpaired) electrons. The predicted molar refractivity (Wildman–Crippen MR) is 68.2 cm³/mol. The highest BCUT2D eigenvalue weighted by Gasteiger charge is 1.99. The van der Waals surface area contributed by atoms with Crippen molar-refractivity contribution in [1.82, 2.24) is 0 Å². The minimum absolute atomic E-state index is 0.0517. The molecule has 18 heavy (non-hydrogen) atoms. The van der Waals surface area contributed by atoms with E-state index in [0.717, 1.165) is 16.5 Å². The highest BCUT2D eigenvalue weighted by Crippen LogP contribution is 2.20. The lowest BCUT2D eigenvalue weighted by atomic mass is 10.1. The highest BCUT2D eigenvalue weighted by atomic mass is 16.5. The molecule has 0 saturated carbocycles. The van der Waals surface area contributed by atoms with Gasteiger partial charge in [-0.15, -0.1) is 0 Å². The lowest BCUT2D eigenvalue weighted by molar-refractivity contribution is -0.299. The fourth-order valence-electron chi connectivity index (χ4n) is 1.65. The van der Waals surface area contributed by atoms with Gasteiger partial charge in [-0.2, -0.15) is 0 Å². The van der Waals surface area contributed by atoms with Gasteiger partial charge in [0.1, 0.15) is 5.75 Å². The first-order chi connectivity index (χ1) is 8.66. The average molecular weight is 241 g/mol. The second kappa shape index (κ2) is 5.36. The van der Waals surface area contributed by atoms with E-state index in [0.29, 0.717) is 0 Å². The van der Waals surface area contributed by atoms with Crippen LogP contribution in [0.25, 0.3) is 10.8 Å². The van der Waals surface area contributed by atoms with Crippen LogP contribution >= 0.6 is 0 Å². The lowest BCUT2D eigenvalue weighted by Crippen LogP contribution is -2.24.